The van der Waals surface area contributed by atoms with Crippen LogP contribution in [-0.2, 0) is 17.8 Å². The molecule has 3 rings (SSSR count). The minimum absolute atomic E-state index is 0.338. The normalized spacial score (nSPS) is 10.7. The number of thiophene rings is 1. The summed E-state index contributed by atoms with van der Waals surface area (Å²) in [4.78, 5) is 12.7. The summed E-state index contributed by atoms with van der Waals surface area (Å²) in [6.07, 6.45) is 0. The Bertz CT molecular complexity index is 760. The molecule has 0 atom stereocenters. The Kier molecular flexibility index (Phi) is 4.90. The van der Waals surface area contributed by atoms with Gasteiger partial charge in [0.15, 0.2) is 0 Å². The van der Waals surface area contributed by atoms with E-state index in [0.29, 0.717) is 12.1 Å². The summed E-state index contributed by atoms with van der Waals surface area (Å²) in [5.74, 6) is 1.33. The van der Waals surface area contributed by atoms with E-state index in [0.717, 1.165) is 23.6 Å². The van der Waals surface area contributed by atoms with Crippen LogP contribution in [0, 0.1) is 0 Å². The summed E-state index contributed by atoms with van der Waals surface area (Å²) >= 11 is 1.73. The van der Waals surface area contributed by atoms with E-state index in [1.54, 1.807) is 23.5 Å². The number of esters is 1. The summed E-state index contributed by atoms with van der Waals surface area (Å²) in [5.41, 5.74) is 1.46. The molecule has 0 fully saturated rings. The maximum atomic E-state index is 11.4. The number of benzene rings is 1. The molecule has 23 heavy (non-hydrogen) atoms. The van der Waals surface area contributed by atoms with E-state index < -0.39 is 0 Å². The van der Waals surface area contributed by atoms with Crippen molar-refractivity contribution in [2.24, 2.45) is 0 Å². The van der Waals surface area contributed by atoms with E-state index in [1.165, 1.54) is 12.0 Å². The quantitative estimate of drug-likeness (QED) is 0.693. The first-order valence-electron chi connectivity index (χ1n) is 7.27. The highest BCUT2D eigenvalue weighted by Gasteiger charge is 2.08. The molecule has 2 aromatic heterocycles. The highest BCUT2D eigenvalue weighted by Crippen LogP contribution is 2.23. The number of methoxy groups -OCH3 is 1. The maximum Gasteiger partial charge on any atom is 0.337 e. The van der Waals surface area contributed by atoms with Gasteiger partial charge >= 0.3 is 5.97 Å². The van der Waals surface area contributed by atoms with Gasteiger partial charge in [-0.25, -0.2) is 4.79 Å². The zero-order valence-electron chi connectivity index (χ0n) is 12.7. The third-order valence-electron chi connectivity index (χ3n) is 3.43. The molecule has 0 saturated carbocycles. The molecule has 5 heteroatoms. The fourth-order valence-electron chi connectivity index (χ4n) is 2.24. The summed E-state index contributed by atoms with van der Waals surface area (Å²) < 4.78 is 10.5. The lowest BCUT2D eigenvalue weighted by molar-refractivity contribution is 0.0601. The summed E-state index contributed by atoms with van der Waals surface area (Å²) in [7, 11) is 1.37. The molecule has 0 aliphatic rings. The lowest BCUT2D eigenvalue weighted by atomic mass is 10.1. The largest absolute Gasteiger partial charge is 0.465 e. The van der Waals surface area contributed by atoms with Gasteiger partial charge in [0.1, 0.15) is 11.5 Å². The summed E-state index contributed by atoms with van der Waals surface area (Å²) in [5, 5.41) is 5.43. The molecule has 4 nitrogen and oxygen atoms in total. The van der Waals surface area contributed by atoms with Crippen LogP contribution in [0.4, 0.5) is 0 Å². The molecule has 2 heterocycles. The number of carbonyl (C=O) groups is 1. The molecule has 1 N–H and O–H groups in total. The minimum atomic E-state index is -0.338. The van der Waals surface area contributed by atoms with Crippen LogP contribution in [0.15, 0.2) is 58.3 Å². The monoisotopic (exact) mass is 327 g/mol. The third kappa shape index (κ3) is 3.88. The minimum Gasteiger partial charge on any atom is -0.465 e. The summed E-state index contributed by atoms with van der Waals surface area (Å²) in [6, 6.07) is 15.2. The zero-order valence-corrected chi connectivity index (χ0v) is 13.6. The Hall–Kier alpha value is -2.37. The first kappa shape index (κ1) is 15.5. The van der Waals surface area contributed by atoms with Gasteiger partial charge in [-0.05, 0) is 35.7 Å². The topological polar surface area (TPSA) is 51.5 Å². The van der Waals surface area contributed by atoms with Crippen LogP contribution in [0.3, 0.4) is 0 Å². The molecule has 0 aliphatic carbocycles. The van der Waals surface area contributed by atoms with Crippen molar-refractivity contribution in [3.05, 3.63) is 70.1 Å². The van der Waals surface area contributed by atoms with Gasteiger partial charge in [0, 0.05) is 17.0 Å². The molecule has 0 radical (unpaired) electrons. The molecule has 3 aromatic rings. The molecular weight excluding hydrogens is 310 g/mol. The number of ether oxygens (including phenoxy) is 1. The number of hydrogen-bond acceptors (Lipinski definition) is 5. The van der Waals surface area contributed by atoms with Crippen molar-refractivity contribution in [2.75, 3.05) is 7.11 Å². The fraction of sp³-hybridized carbons (Fsp3) is 0.167. The van der Waals surface area contributed by atoms with Crippen molar-refractivity contribution in [2.45, 2.75) is 13.1 Å². The molecule has 0 spiro atoms. The lowest BCUT2D eigenvalue weighted by Gasteiger charge is -2.02. The van der Waals surface area contributed by atoms with Crippen molar-refractivity contribution < 1.29 is 13.9 Å². The van der Waals surface area contributed by atoms with Gasteiger partial charge in [-0.15, -0.1) is 11.3 Å². The molecule has 0 saturated heterocycles. The van der Waals surface area contributed by atoms with Gasteiger partial charge < -0.3 is 14.5 Å². The van der Waals surface area contributed by atoms with Crippen molar-refractivity contribution in [3.8, 4) is 11.3 Å². The molecular formula is C18H17NO3S. The molecule has 1 aromatic carbocycles. The Morgan fingerprint density at radius 3 is 2.65 bits per heavy atom. The number of rotatable bonds is 6. The molecule has 0 unspecified atom stereocenters. The van der Waals surface area contributed by atoms with Crippen LogP contribution in [0.1, 0.15) is 21.0 Å². The number of carbonyl (C=O) groups excluding carboxylic acids is 1. The van der Waals surface area contributed by atoms with Crippen LogP contribution < -0.4 is 5.32 Å². The van der Waals surface area contributed by atoms with Gasteiger partial charge in [-0.2, -0.15) is 0 Å². The van der Waals surface area contributed by atoms with Gasteiger partial charge in [-0.3, -0.25) is 0 Å². The van der Waals surface area contributed by atoms with E-state index in [9.17, 15) is 4.79 Å². The molecule has 0 amide bonds. The summed E-state index contributed by atoms with van der Waals surface area (Å²) in [6.45, 7) is 1.51. The predicted molar refractivity (Wildman–Crippen MR) is 90.3 cm³/mol. The van der Waals surface area contributed by atoms with Gasteiger partial charge in [-0.1, -0.05) is 18.2 Å². The second kappa shape index (κ2) is 7.26. The third-order valence-corrected chi connectivity index (χ3v) is 4.31. The van der Waals surface area contributed by atoms with E-state index in [2.05, 4.69) is 16.8 Å². The Morgan fingerprint density at radius 1 is 1.13 bits per heavy atom. The van der Waals surface area contributed by atoms with Crippen LogP contribution >= 0.6 is 11.3 Å². The second-order valence-electron chi connectivity index (χ2n) is 5.02. The number of hydrogen-bond donors (Lipinski definition) is 1. The fourth-order valence-corrected chi connectivity index (χ4v) is 2.91. The smallest absolute Gasteiger partial charge is 0.337 e. The van der Waals surface area contributed by atoms with Crippen molar-refractivity contribution in [1.29, 1.82) is 0 Å². The second-order valence-corrected chi connectivity index (χ2v) is 6.05. The number of nitrogens with one attached hydrogen (secondary N) is 1. The first-order valence-corrected chi connectivity index (χ1v) is 8.15. The highest BCUT2D eigenvalue weighted by molar-refractivity contribution is 7.09. The SMILES string of the molecule is COC(=O)c1ccc(-c2ccc(CNCc3cccs3)o2)cc1. The van der Waals surface area contributed by atoms with E-state index in [1.807, 2.05) is 30.3 Å². The van der Waals surface area contributed by atoms with Crippen LogP contribution in [0.5, 0.6) is 0 Å². The average Bonchev–Trinajstić information content (AvgIpc) is 3.26. The van der Waals surface area contributed by atoms with Gasteiger partial charge in [0.05, 0.1) is 19.2 Å². The molecule has 0 aliphatic heterocycles. The van der Waals surface area contributed by atoms with E-state index in [4.69, 9.17) is 9.15 Å². The lowest BCUT2D eigenvalue weighted by Crippen LogP contribution is -2.10. The standard InChI is InChI=1S/C18H17NO3S/c1-21-18(20)14-6-4-13(5-7-14)17-9-8-15(22-17)11-19-12-16-3-2-10-23-16/h2-10,19H,11-12H2,1H3. The predicted octanol–water partition coefficient (Wildman–Crippen LogP) is 4.08. The highest BCUT2D eigenvalue weighted by atomic mass is 32.1. The zero-order chi connectivity index (χ0) is 16.1. The van der Waals surface area contributed by atoms with Crippen LogP contribution in [0.25, 0.3) is 11.3 Å². The van der Waals surface area contributed by atoms with Crippen molar-refractivity contribution in [1.82, 2.24) is 5.32 Å². The van der Waals surface area contributed by atoms with E-state index >= 15 is 0 Å². The Balaban J connectivity index is 1.61. The average molecular weight is 327 g/mol. The van der Waals surface area contributed by atoms with Crippen LogP contribution in [-0.4, -0.2) is 13.1 Å². The molecule has 118 valence electrons. The Morgan fingerprint density at radius 2 is 1.96 bits per heavy atom. The van der Waals surface area contributed by atoms with Crippen molar-refractivity contribution >= 4 is 17.3 Å². The van der Waals surface area contributed by atoms with Gasteiger partial charge in [0.25, 0.3) is 0 Å². The first-order chi connectivity index (χ1) is 11.3. The Labute approximate surface area is 138 Å². The van der Waals surface area contributed by atoms with E-state index in [-0.39, 0.29) is 5.97 Å². The van der Waals surface area contributed by atoms with Gasteiger partial charge in [0.2, 0.25) is 0 Å². The van der Waals surface area contributed by atoms with Crippen molar-refractivity contribution in [3.63, 3.8) is 0 Å². The number of furan rings is 1. The van der Waals surface area contributed by atoms with Crippen LogP contribution in [0.2, 0.25) is 0 Å². The maximum absolute atomic E-state index is 11.4. The molecule has 0 bridgehead atoms.